The number of benzene rings is 2. The lowest BCUT2D eigenvalue weighted by atomic mass is 10.1. The van der Waals surface area contributed by atoms with Crippen molar-refractivity contribution in [3.63, 3.8) is 0 Å². The van der Waals surface area contributed by atoms with Gasteiger partial charge in [0.2, 0.25) is 5.95 Å². The quantitative estimate of drug-likeness (QED) is 0.614. The van der Waals surface area contributed by atoms with E-state index in [0.29, 0.717) is 22.8 Å². The number of hydrogen-bond acceptors (Lipinski definition) is 5. The van der Waals surface area contributed by atoms with Crippen LogP contribution in [0.25, 0.3) is 11.3 Å². The van der Waals surface area contributed by atoms with Crippen LogP contribution < -0.4 is 15.4 Å². The first-order valence-electron chi connectivity index (χ1n) is 7.78. The van der Waals surface area contributed by atoms with Gasteiger partial charge in [-0.25, -0.2) is 9.37 Å². The van der Waals surface area contributed by atoms with Gasteiger partial charge in [0.25, 0.3) is 0 Å². The highest BCUT2D eigenvalue weighted by Crippen LogP contribution is 2.29. The summed E-state index contributed by atoms with van der Waals surface area (Å²) in [5.41, 5.74) is 1.23. The van der Waals surface area contributed by atoms with Crippen LogP contribution in [-0.2, 0) is 0 Å². The van der Waals surface area contributed by atoms with Gasteiger partial charge in [-0.15, -0.1) is 13.2 Å². The van der Waals surface area contributed by atoms with E-state index in [1.54, 1.807) is 25.2 Å². The second kappa shape index (κ2) is 7.48. The minimum absolute atomic E-state index is 0.244. The third-order valence-electron chi connectivity index (χ3n) is 3.41. The highest BCUT2D eigenvalue weighted by Gasteiger charge is 2.31. The fourth-order valence-electron chi connectivity index (χ4n) is 2.34. The van der Waals surface area contributed by atoms with Crippen molar-refractivity contribution in [3.05, 3.63) is 60.4 Å². The Kier molecular flexibility index (Phi) is 5.11. The molecular weight excluding hydrogens is 364 g/mol. The van der Waals surface area contributed by atoms with Gasteiger partial charge in [0.15, 0.2) is 0 Å². The van der Waals surface area contributed by atoms with Gasteiger partial charge in [0.05, 0.1) is 5.69 Å². The van der Waals surface area contributed by atoms with E-state index < -0.39 is 12.2 Å². The average Bonchev–Trinajstić information content (AvgIpc) is 2.60. The summed E-state index contributed by atoms with van der Waals surface area (Å²) in [6.45, 7) is 0. The first-order valence-corrected chi connectivity index (χ1v) is 7.78. The Labute approximate surface area is 152 Å². The van der Waals surface area contributed by atoms with Crippen molar-refractivity contribution in [3.8, 4) is 17.0 Å². The van der Waals surface area contributed by atoms with Crippen molar-refractivity contribution in [1.29, 1.82) is 0 Å². The summed E-state index contributed by atoms with van der Waals surface area (Å²) in [6.07, 6.45) is -4.79. The molecular formula is C18H14F4N4O. The molecule has 2 aromatic carbocycles. The summed E-state index contributed by atoms with van der Waals surface area (Å²) in [6, 6.07) is 12.8. The smallest absolute Gasteiger partial charge is 0.406 e. The molecule has 27 heavy (non-hydrogen) atoms. The maximum atomic E-state index is 13.3. The van der Waals surface area contributed by atoms with Crippen LogP contribution in [-0.4, -0.2) is 23.4 Å². The molecule has 5 nitrogen and oxygen atoms in total. The zero-order valence-corrected chi connectivity index (χ0v) is 14.0. The maximum Gasteiger partial charge on any atom is 0.573 e. The van der Waals surface area contributed by atoms with E-state index in [0.717, 1.165) is 0 Å². The van der Waals surface area contributed by atoms with Crippen LogP contribution in [0.5, 0.6) is 5.75 Å². The Morgan fingerprint density at radius 2 is 1.74 bits per heavy atom. The van der Waals surface area contributed by atoms with E-state index >= 15 is 0 Å². The van der Waals surface area contributed by atoms with E-state index in [-0.39, 0.29) is 11.7 Å². The summed E-state index contributed by atoms with van der Waals surface area (Å²) < 4.78 is 54.6. The van der Waals surface area contributed by atoms with Crippen molar-refractivity contribution in [2.45, 2.75) is 6.36 Å². The third-order valence-corrected chi connectivity index (χ3v) is 3.41. The molecule has 140 valence electrons. The fraction of sp³-hybridized carbons (Fsp3) is 0.111. The summed E-state index contributed by atoms with van der Waals surface area (Å²) in [5, 5.41) is 5.72. The van der Waals surface area contributed by atoms with Crippen molar-refractivity contribution >= 4 is 17.5 Å². The predicted octanol–water partition coefficient (Wildman–Crippen LogP) is 4.97. The van der Waals surface area contributed by atoms with E-state index in [2.05, 4.69) is 25.3 Å². The maximum absolute atomic E-state index is 13.3. The monoisotopic (exact) mass is 378 g/mol. The Balaban J connectivity index is 1.95. The summed E-state index contributed by atoms with van der Waals surface area (Å²) in [4.78, 5) is 8.46. The molecule has 0 unspecified atom stereocenters. The van der Waals surface area contributed by atoms with E-state index in [1.165, 1.54) is 36.4 Å². The van der Waals surface area contributed by atoms with Gasteiger partial charge in [-0.1, -0.05) is 18.2 Å². The lowest BCUT2D eigenvalue weighted by Crippen LogP contribution is -2.17. The third kappa shape index (κ3) is 5.06. The topological polar surface area (TPSA) is 59.1 Å². The van der Waals surface area contributed by atoms with Gasteiger partial charge >= 0.3 is 6.36 Å². The van der Waals surface area contributed by atoms with Gasteiger partial charge in [-0.3, -0.25) is 0 Å². The molecule has 0 aliphatic heterocycles. The first kappa shape index (κ1) is 18.4. The van der Waals surface area contributed by atoms with Crippen LogP contribution in [0.2, 0.25) is 0 Å². The van der Waals surface area contributed by atoms with E-state index in [1.807, 2.05) is 0 Å². The lowest BCUT2D eigenvalue weighted by Gasteiger charge is -2.12. The number of nitrogens with zero attached hydrogens (tertiary/aromatic N) is 2. The summed E-state index contributed by atoms with van der Waals surface area (Å²) in [5.74, 6) is -0.185. The number of aromatic nitrogens is 2. The zero-order valence-electron chi connectivity index (χ0n) is 14.0. The molecule has 1 heterocycles. The average molecular weight is 378 g/mol. The van der Waals surface area contributed by atoms with Crippen LogP contribution in [0.15, 0.2) is 54.6 Å². The van der Waals surface area contributed by atoms with E-state index in [4.69, 9.17) is 0 Å². The number of alkyl halides is 3. The molecule has 2 N–H and O–H groups in total. The predicted molar refractivity (Wildman–Crippen MR) is 93.4 cm³/mol. The molecule has 0 aliphatic carbocycles. The molecule has 0 aliphatic rings. The SMILES string of the molecule is CNc1nc(Nc2cccc(F)c2)cc(-c2cccc(OC(F)(F)F)c2)n1. The molecule has 1 aromatic heterocycles. The first-order chi connectivity index (χ1) is 12.8. The van der Waals surface area contributed by atoms with Crippen LogP contribution >= 0.6 is 0 Å². The molecule has 3 aromatic rings. The molecule has 0 fully saturated rings. The number of halogens is 4. The Hall–Kier alpha value is -3.36. The van der Waals surface area contributed by atoms with Crippen molar-refractivity contribution in [1.82, 2.24) is 9.97 Å². The summed E-state index contributed by atoms with van der Waals surface area (Å²) >= 11 is 0. The number of hydrogen-bond donors (Lipinski definition) is 2. The van der Waals surface area contributed by atoms with Gasteiger partial charge in [0.1, 0.15) is 17.4 Å². The molecule has 0 spiro atoms. The molecule has 0 bridgehead atoms. The molecule has 9 heteroatoms. The van der Waals surface area contributed by atoms with Crippen molar-refractivity contribution in [2.24, 2.45) is 0 Å². The van der Waals surface area contributed by atoms with E-state index in [9.17, 15) is 17.6 Å². The highest BCUT2D eigenvalue weighted by molar-refractivity contribution is 5.68. The normalized spacial score (nSPS) is 11.1. The molecule has 0 radical (unpaired) electrons. The summed E-state index contributed by atoms with van der Waals surface area (Å²) in [7, 11) is 1.61. The highest BCUT2D eigenvalue weighted by atomic mass is 19.4. The van der Waals surface area contributed by atoms with Gasteiger partial charge < -0.3 is 15.4 Å². The number of ether oxygens (including phenoxy) is 1. The van der Waals surface area contributed by atoms with Crippen molar-refractivity contribution < 1.29 is 22.3 Å². The minimum Gasteiger partial charge on any atom is -0.406 e. The Morgan fingerprint density at radius 3 is 2.44 bits per heavy atom. The van der Waals surface area contributed by atoms with Crippen LogP contribution in [0.4, 0.5) is 35.0 Å². The van der Waals surface area contributed by atoms with Crippen LogP contribution in [0.3, 0.4) is 0 Å². The van der Waals surface area contributed by atoms with Gasteiger partial charge in [0, 0.05) is 24.4 Å². The second-order valence-electron chi connectivity index (χ2n) is 5.42. The van der Waals surface area contributed by atoms with Crippen LogP contribution in [0, 0.1) is 5.82 Å². The Bertz CT molecular complexity index is 947. The Morgan fingerprint density at radius 1 is 0.963 bits per heavy atom. The lowest BCUT2D eigenvalue weighted by molar-refractivity contribution is -0.274. The fourth-order valence-corrected chi connectivity index (χ4v) is 2.34. The standard InChI is InChI=1S/C18H14F4N4O/c1-23-17-25-15(11-4-2-7-14(8-11)27-18(20,21)22)10-16(26-17)24-13-6-3-5-12(19)9-13/h2-10H,1H3,(H2,23,24,25,26). The molecule has 0 saturated carbocycles. The molecule has 0 amide bonds. The minimum atomic E-state index is -4.79. The number of rotatable bonds is 5. The molecule has 0 atom stereocenters. The number of nitrogens with one attached hydrogen (secondary N) is 2. The van der Waals surface area contributed by atoms with Crippen LogP contribution in [0.1, 0.15) is 0 Å². The molecule has 3 rings (SSSR count). The van der Waals surface area contributed by atoms with Crippen molar-refractivity contribution in [2.75, 3.05) is 17.7 Å². The number of anilines is 3. The zero-order chi connectivity index (χ0) is 19.4. The largest absolute Gasteiger partial charge is 0.573 e. The van der Waals surface area contributed by atoms with Gasteiger partial charge in [-0.2, -0.15) is 4.98 Å². The van der Waals surface area contributed by atoms with Gasteiger partial charge in [-0.05, 0) is 30.3 Å². The second-order valence-corrected chi connectivity index (χ2v) is 5.42. The molecule has 0 saturated heterocycles.